The summed E-state index contributed by atoms with van der Waals surface area (Å²) in [6.45, 7) is -0.134. The molecule has 0 aliphatic rings. The number of benzene rings is 1. The fourth-order valence-electron chi connectivity index (χ4n) is 1.26. The monoisotopic (exact) mass is 280 g/mol. The van der Waals surface area contributed by atoms with E-state index in [-0.39, 0.29) is 12.1 Å². The third-order valence-corrected chi connectivity index (χ3v) is 2.26. The van der Waals surface area contributed by atoms with Crippen LogP contribution in [0.25, 0.3) is 0 Å². The Labute approximate surface area is 106 Å². The number of halogens is 4. The van der Waals surface area contributed by atoms with Crippen molar-refractivity contribution < 1.29 is 27.1 Å². The van der Waals surface area contributed by atoms with Crippen molar-refractivity contribution in [2.75, 3.05) is 7.05 Å². The third kappa shape index (κ3) is 4.01. The fourth-order valence-corrected chi connectivity index (χ4v) is 1.26. The van der Waals surface area contributed by atoms with Crippen LogP contribution in [0.15, 0.2) is 24.3 Å². The summed E-state index contributed by atoms with van der Waals surface area (Å²) in [5, 5.41) is 0. The largest absolute Gasteiger partial charge is 0.461 e. The summed E-state index contributed by atoms with van der Waals surface area (Å²) in [7, 11) is 1.34. The van der Waals surface area contributed by atoms with Crippen molar-refractivity contribution in [1.82, 2.24) is 4.90 Å². The van der Waals surface area contributed by atoms with Crippen LogP contribution in [-0.4, -0.2) is 30.5 Å². The second-order valence-electron chi connectivity index (χ2n) is 3.77. The molecule has 1 aromatic rings. The van der Waals surface area contributed by atoms with Crippen LogP contribution in [0.5, 0.6) is 5.75 Å². The Morgan fingerprint density at radius 3 is 2.53 bits per heavy atom. The molecule has 0 heterocycles. The molecule has 0 aliphatic heterocycles. The molecule has 2 amide bonds. The molecule has 0 saturated carbocycles. The number of carbonyl (C=O) groups is 1. The average molecular weight is 280 g/mol. The molecule has 0 aliphatic carbocycles. The lowest BCUT2D eigenvalue weighted by Crippen LogP contribution is -2.35. The fraction of sp³-hybridized carbons (Fsp3) is 0.364. The van der Waals surface area contributed by atoms with Gasteiger partial charge in [0.05, 0.1) is 6.54 Å². The maximum absolute atomic E-state index is 12.8. The van der Waals surface area contributed by atoms with Gasteiger partial charge in [0.1, 0.15) is 5.75 Å². The highest BCUT2D eigenvalue weighted by molar-refractivity contribution is 5.71. The maximum atomic E-state index is 12.8. The van der Waals surface area contributed by atoms with Crippen LogP contribution < -0.4 is 10.5 Å². The molecule has 8 heteroatoms. The molecular weight excluding hydrogens is 268 g/mol. The Morgan fingerprint density at radius 1 is 1.42 bits per heavy atom. The van der Waals surface area contributed by atoms with Gasteiger partial charge in [0.25, 0.3) is 0 Å². The molecule has 0 radical (unpaired) electrons. The van der Waals surface area contributed by atoms with Crippen LogP contribution in [0.4, 0.5) is 22.4 Å². The van der Waals surface area contributed by atoms with Crippen molar-refractivity contribution in [3.05, 3.63) is 29.8 Å². The highest BCUT2D eigenvalue weighted by Gasteiger charge is 2.44. The first-order valence-corrected chi connectivity index (χ1v) is 5.17. The second-order valence-corrected chi connectivity index (χ2v) is 3.77. The van der Waals surface area contributed by atoms with Gasteiger partial charge in [0.15, 0.2) is 0 Å². The van der Waals surface area contributed by atoms with Gasteiger partial charge in [0, 0.05) is 12.6 Å². The summed E-state index contributed by atoms with van der Waals surface area (Å²) in [4.78, 5) is 11.9. The van der Waals surface area contributed by atoms with Crippen molar-refractivity contribution in [3.63, 3.8) is 0 Å². The number of rotatable bonds is 5. The molecule has 0 saturated heterocycles. The van der Waals surface area contributed by atoms with Crippen molar-refractivity contribution >= 4 is 6.03 Å². The standard InChI is InChI=1S/C11H12F4N2O2/c1-17(10(16)18)6-7-4-2-3-5-8(7)19-11(14,15)9(12)13/h2-5,9H,6H2,1H3,(H2,16,18). The van der Waals surface area contributed by atoms with E-state index in [4.69, 9.17) is 5.73 Å². The Balaban J connectivity index is 2.93. The van der Waals surface area contributed by atoms with E-state index < -0.39 is 24.3 Å². The van der Waals surface area contributed by atoms with E-state index in [2.05, 4.69) is 4.74 Å². The topological polar surface area (TPSA) is 55.6 Å². The Morgan fingerprint density at radius 2 is 2.00 bits per heavy atom. The van der Waals surface area contributed by atoms with E-state index in [0.29, 0.717) is 0 Å². The Hall–Kier alpha value is -1.99. The molecule has 4 nitrogen and oxygen atoms in total. The molecule has 0 unspecified atom stereocenters. The highest BCUT2D eigenvalue weighted by atomic mass is 19.3. The van der Waals surface area contributed by atoms with Crippen LogP contribution in [0, 0.1) is 0 Å². The van der Waals surface area contributed by atoms with E-state index in [0.717, 1.165) is 11.0 Å². The molecule has 106 valence electrons. The lowest BCUT2D eigenvalue weighted by atomic mass is 10.2. The van der Waals surface area contributed by atoms with Gasteiger partial charge < -0.3 is 15.4 Å². The first kappa shape index (κ1) is 15.1. The highest BCUT2D eigenvalue weighted by Crippen LogP contribution is 2.30. The average Bonchev–Trinajstić information content (AvgIpc) is 2.30. The van der Waals surface area contributed by atoms with Crippen molar-refractivity contribution in [2.24, 2.45) is 5.73 Å². The molecule has 0 aromatic heterocycles. The third-order valence-electron chi connectivity index (χ3n) is 2.26. The first-order chi connectivity index (χ1) is 8.74. The molecule has 19 heavy (non-hydrogen) atoms. The number of hydrogen-bond acceptors (Lipinski definition) is 2. The Bertz CT molecular complexity index is 454. The zero-order valence-corrected chi connectivity index (χ0v) is 9.95. The zero-order valence-electron chi connectivity index (χ0n) is 9.95. The summed E-state index contributed by atoms with van der Waals surface area (Å²) in [6, 6.07) is 4.55. The number of hydrogen-bond donors (Lipinski definition) is 1. The molecule has 1 aromatic carbocycles. The number of primary amides is 1. The summed E-state index contributed by atoms with van der Waals surface area (Å²) >= 11 is 0. The number of amides is 2. The number of carbonyl (C=O) groups excluding carboxylic acids is 1. The van der Waals surface area contributed by atoms with Crippen LogP contribution in [0.1, 0.15) is 5.56 Å². The summed E-state index contributed by atoms with van der Waals surface area (Å²) in [5.74, 6) is -0.430. The molecule has 0 bridgehead atoms. The lowest BCUT2D eigenvalue weighted by molar-refractivity contribution is -0.253. The lowest BCUT2D eigenvalue weighted by Gasteiger charge is -2.21. The molecule has 0 spiro atoms. The summed E-state index contributed by atoms with van der Waals surface area (Å²) in [5.41, 5.74) is 5.13. The predicted molar refractivity (Wildman–Crippen MR) is 59.1 cm³/mol. The van der Waals surface area contributed by atoms with E-state index in [1.807, 2.05) is 0 Å². The minimum absolute atomic E-state index is 0.134. The number of urea groups is 1. The molecule has 1 rings (SSSR count). The van der Waals surface area contributed by atoms with E-state index in [1.54, 1.807) is 0 Å². The van der Waals surface area contributed by atoms with E-state index in [9.17, 15) is 22.4 Å². The van der Waals surface area contributed by atoms with E-state index in [1.165, 1.54) is 25.2 Å². The van der Waals surface area contributed by atoms with Crippen LogP contribution >= 0.6 is 0 Å². The minimum Gasteiger partial charge on any atom is -0.428 e. The predicted octanol–water partition coefficient (Wildman–Crippen LogP) is 2.43. The molecule has 0 atom stereocenters. The van der Waals surface area contributed by atoms with Gasteiger partial charge in [-0.25, -0.2) is 4.79 Å². The normalized spacial score (nSPS) is 11.5. The minimum atomic E-state index is -4.60. The van der Waals surface area contributed by atoms with Crippen LogP contribution in [0.2, 0.25) is 0 Å². The molecule has 0 fully saturated rings. The van der Waals surface area contributed by atoms with Crippen LogP contribution in [0.3, 0.4) is 0 Å². The van der Waals surface area contributed by atoms with Gasteiger partial charge in [-0.2, -0.15) is 17.6 Å². The van der Waals surface area contributed by atoms with Gasteiger partial charge >= 0.3 is 18.6 Å². The van der Waals surface area contributed by atoms with Crippen molar-refractivity contribution in [3.8, 4) is 5.75 Å². The zero-order chi connectivity index (χ0) is 14.6. The van der Waals surface area contributed by atoms with Crippen molar-refractivity contribution in [2.45, 2.75) is 19.1 Å². The first-order valence-electron chi connectivity index (χ1n) is 5.17. The van der Waals surface area contributed by atoms with Crippen LogP contribution in [-0.2, 0) is 6.54 Å². The molecular formula is C11H12F4N2O2. The van der Waals surface area contributed by atoms with Gasteiger partial charge in [-0.3, -0.25) is 0 Å². The summed E-state index contributed by atoms with van der Waals surface area (Å²) < 4.78 is 53.8. The second kappa shape index (κ2) is 5.77. The SMILES string of the molecule is CN(Cc1ccccc1OC(F)(F)C(F)F)C(N)=O. The number of alkyl halides is 4. The number of para-hydroxylation sites is 1. The maximum Gasteiger partial charge on any atom is 0.461 e. The van der Waals surface area contributed by atoms with Gasteiger partial charge in [-0.1, -0.05) is 18.2 Å². The summed E-state index contributed by atoms with van der Waals surface area (Å²) in [6.07, 6.45) is -8.55. The smallest absolute Gasteiger partial charge is 0.428 e. The number of nitrogens with two attached hydrogens (primary N) is 1. The van der Waals surface area contributed by atoms with Gasteiger partial charge in [-0.05, 0) is 6.07 Å². The molecule has 2 N–H and O–H groups in total. The Kier molecular flexibility index (Phi) is 4.57. The van der Waals surface area contributed by atoms with Gasteiger partial charge in [0.2, 0.25) is 0 Å². The van der Waals surface area contributed by atoms with Crippen molar-refractivity contribution in [1.29, 1.82) is 0 Å². The number of ether oxygens (including phenoxy) is 1. The van der Waals surface area contributed by atoms with E-state index >= 15 is 0 Å². The van der Waals surface area contributed by atoms with Gasteiger partial charge in [-0.15, -0.1) is 0 Å². The number of nitrogens with zero attached hydrogens (tertiary/aromatic N) is 1. The quantitative estimate of drug-likeness (QED) is 0.842.